The van der Waals surface area contributed by atoms with Crippen LogP contribution in [0.3, 0.4) is 0 Å². The molecule has 11 heteroatoms. The fourth-order valence-electron chi connectivity index (χ4n) is 7.96. The average Bonchev–Trinajstić information content (AvgIpc) is 3.16. The van der Waals surface area contributed by atoms with Gasteiger partial charge >= 0.3 is 29.8 Å². The molecule has 3 fully saturated rings. The summed E-state index contributed by atoms with van der Waals surface area (Å²) < 4.78 is 37.2. The van der Waals surface area contributed by atoms with E-state index in [9.17, 15) is 24.0 Å². The Morgan fingerprint density at radius 3 is 1.78 bits per heavy atom. The Labute approximate surface area is 267 Å². The van der Waals surface area contributed by atoms with Crippen LogP contribution in [0.25, 0.3) is 0 Å². The van der Waals surface area contributed by atoms with E-state index in [4.69, 9.17) is 28.4 Å². The molecule has 1 heterocycles. The SMILES string of the molecule is CC(=O)OC[C@]12[C@@H](OC(C)=O)C[C@@H]3[C@@H](OC(=O)c4ccccc4)[C@]1(OC3(C)C)[C@H](C)C[C@H](OC(=O)c1ccccc1)[C@@H]2OC(C)=O. The van der Waals surface area contributed by atoms with E-state index in [2.05, 4.69) is 0 Å². The first-order valence-corrected chi connectivity index (χ1v) is 15.4. The van der Waals surface area contributed by atoms with E-state index < -0.39 is 89.3 Å². The van der Waals surface area contributed by atoms with Gasteiger partial charge in [0, 0.05) is 26.7 Å². The van der Waals surface area contributed by atoms with Crippen LogP contribution in [0.15, 0.2) is 60.7 Å². The Bertz CT molecular complexity index is 1490. The Morgan fingerprint density at radius 2 is 1.26 bits per heavy atom. The Hall–Kier alpha value is -4.25. The van der Waals surface area contributed by atoms with Gasteiger partial charge in [-0.2, -0.15) is 0 Å². The molecule has 3 aliphatic rings. The molecule has 2 aliphatic carbocycles. The first-order valence-electron chi connectivity index (χ1n) is 15.4. The van der Waals surface area contributed by atoms with Crippen LogP contribution in [-0.2, 0) is 42.8 Å². The molecule has 2 aromatic rings. The highest BCUT2D eigenvalue weighted by Gasteiger charge is 2.82. The predicted octanol–water partition coefficient (Wildman–Crippen LogP) is 4.46. The van der Waals surface area contributed by atoms with Gasteiger partial charge in [0.15, 0.2) is 6.10 Å². The van der Waals surface area contributed by atoms with Gasteiger partial charge in [-0.25, -0.2) is 9.59 Å². The minimum absolute atomic E-state index is 0.103. The van der Waals surface area contributed by atoms with Gasteiger partial charge in [-0.15, -0.1) is 0 Å². The number of rotatable bonds is 8. The number of hydrogen-bond donors (Lipinski definition) is 0. The van der Waals surface area contributed by atoms with Crippen molar-refractivity contribution < 1.29 is 52.4 Å². The Morgan fingerprint density at radius 1 is 0.717 bits per heavy atom. The number of benzene rings is 2. The van der Waals surface area contributed by atoms with E-state index in [0.29, 0.717) is 5.56 Å². The van der Waals surface area contributed by atoms with E-state index in [1.54, 1.807) is 60.7 Å². The molecule has 0 radical (unpaired) electrons. The van der Waals surface area contributed by atoms with Crippen LogP contribution in [0.1, 0.15) is 75.1 Å². The molecule has 0 aromatic heterocycles. The molecule has 0 unspecified atom stereocenters. The zero-order valence-corrected chi connectivity index (χ0v) is 26.8. The first-order chi connectivity index (χ1) is 21.7. The van der Waals surface area contributed by atoms with E-state index in [-0.39, 0.29) is 18.4 Å². The second-order valence-electron chi connectivity index (χ2n) is 12.9. The van der Waals surface area contributed by atoms with Crippen molar-refractivity contribution in [2.75, 3.05) is 6.61 Å². The monoisotopic (exact) mass is 636 g/mol. The van der Waals surface area contributed by atoms with Crippen LogP contribution in [0.4, 0.5) is 0 Å². The van der Waals surface area contributed by atoms with Crippen LogP contribution in [0.2, 0.25) is 0 Å². The van der Waals surface area contributed by atoms with Crippen LogP contribution in [0, 0.1) is 17.3 Å². The van der Waals surface area contributed by atoms with Crippen molar-refractivity contribution in [3.63, 3.8) is 0 Å². The summed E-state index contributed by atoms with van der Waals surface area (Å²) in [4.78, 5) is 65.1. The van der Waals surface area contributed by atoms with Crippen LogP contribution < -0.4 is 0 Å². The van der Waals surface area contributed by atoms with Gasteiger partial charge in [0.2, 0.25) is 0 Å². The molecule has 5 rings (SSSR count). The molecule has 2 saturated carbocycles. The summed E-state index contributed by atoms with van der Waals surface area (Å²) in [5.74, 6) is -4.31. The molecule has 2 aromatic carbocycles. The van der Waals surface area contributed by atoms with Crippen LogP contribution in [-0.4, -0.2) is 72.1 Å². The van der Waals surface area contributed by atoms with Gasteiger partial charge in [-0.05, 0) is 56.9 Å². The second kappa shape index (κ2) is 12.5. The van der Waals surface area contributed by atoms with Gasteiger partial charge in [0.1, 0.15) is 35.9 Å². The molecule has 246 valence electrons. The number of ether oxygens (including phenoxy) is 6. The van der Waals surface area contributed by atoms with Gasteiger partial charge in [0.05, 0.1) is 16.7 Å². The van der Waals surface area contributed by atoms with E-state index in [1.165, 1.54) is 20.8 Å². The van der Waals surface area contributed by atoms with Crippen molar-refractivity contribution >= 4 is 29.8 Å². The summed E-state index contributed by atoms with van der Waals surface area (Å²) in [6.45, 7) is 8.80. The fourth-order valence-corrected chi connectivity index (χ4v) is 7.96. The van der Waals surface area contributed by atoms with Crippen molar-refractivity contribution in [1.82, 2.24) is 0 Å². The Balaban J connectivity index is 1.72. The quantitative estimate of drug-likeness (QED) is 0.300. The van der Waals surface area contributed by atoms with Gasteiger partial charge < -0.3 is 28.4 Å². The fraction of sp³-hybridized carbons (Fsp3) is 0.514. The average molecular weight is 637 g/mol. The minimum atomic E-state index is -1.68. The molecule has 46 heavy (non-hydrogen) atoms. The number of fused-ring (bicyclic) bond motifs is 1. The van der Waals surface area contributed by atoms with Crippen molar-refractivity contribution in [3.05, 3.63) is 71.8 Å². The lowest BCUT2D eigenvalue weighted by Gasteiger charge is -2.63. The van der Waals surface area contributed by atoms with Gasteiger partial charge in [0.25, 0.3) is 0 Å². The third-order valence-electron chi connectivity index (χ3n) is 9.67. The lowest BCUT2D eigenvalue weighted by Crippen LogP contribution is -2.78. The summed E-state index contributed by atoms with van der Waals surface area (Å²) in [6.07, 6.45) is -4.23. The van der Waals surface area contributed by atoms with E-state index >= 15 is 0 Å². The smallest absolute Gasteiger partial charge is 0.338 e. The maximum atomic E-state index is 13.7. The standard InChI is InChI=1S/C35H40O11/c1-20-17-27(44-31(39)24-13-9-7-10-14-24)30(43-23(4)38)34(19-41-21(2)36)28(42-22(3)37)18-26-29(35(20,34)46-33(26,5)6)45-32(40)25-15-11-8-12-16-25/h7-16,20,26-30H,17-19H2,1-6H3/t20-,26-,27+,28+,29-,30+,34-,35-/m1/s1. The highest BCUT2D eigenvalue weighted by atomic mass is 16.6. The first kappa shape index (κ1) is 33.1. The third-order valence-corrected chi connectivity index (χ3v) is 9.67. The molecule has 0 amide bonds. The van der Waals surface area contributed by atoms with Crippen molar-refractivity contribution in [1.29, 1.82) is 0 Å². The third kappa shape index (κ3) is 5.65. The molecule has 0 N–H and O–H groups in total. The number of esters is 5. The number of hydrogen-bond acceptors (Lipinski definition) is 11. The topological polar surface area (TPSA) is 141 Å². The van der Waals surface area contributed by atoms with Crippen molar-refractivity contribution in [2.45, 2.75) is 90.0 Å². The lowest BCUT2D eigenvalue weighted by molar-refractivity contribution is -0.317. The number of carbonyl (C=O) groups excluding carboxylic acids is 5. The number of carbonyl (C=O) groups is 5. The van der Waals surface area contributed by atoms with Crippen molar-refractivity contribution in [2.24, 2.45) is 17.3 Å². The highest BCUT2D eigenvalue weighted by molar-refractivity contribution is 5.90. The lowest BCUT2D eigenvalue weighted by atomic mass is 9.47. The van der Waals surface area contributed by atoms with E-state index in [1.807, 2.05) is 20.8 Å². The Kier molecular flexibility index (Phi) is 9.01. The molecule has 8 atom stereocenters. The largest absolute Gasteiger partial charge is 0.465 e. The molecule has 1 saturated heterocycles. The zero-order chi connectivity index (χ0) is 33.4. The molecular weight excluding hydrogens is 596 g/mol. The van der Waals surface area contributed by atoms with Crippen LogP contribution >= 0.6 is 0 Å². The van der Waals surface area contributed by atoms with Gasteiger partial charge in [-0.1, -0.05) is 43.3 Å². The molecule has 1 aliphatic heterocycles. The van der Waals surface area contributed by atoms with Gasteiger partial charge in [-0.3, -0.25) is 14.4 Å². The molecular formula is C35H40O11. The molecule has 1 spiro atoms. The van der Waals surface area contributed by atoms with Crippen molar-refractivity contribution in [3.8, 4) is 0 Å². The normalized spacial score (nSPS) is 32.3. The highest BCUT2D eigenvalue weighted by Crippen LogP contribution is 2.68. The summed E-state index contributed by atoms with van der Waals surface area (Å²) in [5.41, 5.74) is -3.56. The van der Waals surface area contributed by atoms with Crippen LogP contribution in [0.5, 0.6) is 0 Å². The maximum Gasteiger partial charge on any atom is 0.338 e. The maximum absolute atomic E-state index is 13.7. The summed E-state index contributed by atoms with van der Waals surface area (Å²) in [7, 11) is 0. The second-order valence-corrected chi connectivity index (χ2v) is 12.9. The molecule has 11 nitrogen and oxygen atoms in total. The minimum Gasteiger partial charge on any atom is -0.465 e. The zero-order valence-electron chi connectivity index (χ0n) is 26.8. The van der Waals surface area contributed by atoms with E-state index in [0.717, 1.165) is 0 Å². The summed E-state index contributed by atoms with van der Waals surface area (Å²) >= 11 is 0. The molecule has 2 bridgehead atoms. The summed E-state index contributed by atoms with van der Waals surface area (Å²) in [5, 5.41) is 0. The summed E-state index contributed by atoms with van der Waals surface area (Å²) in [6, 6.07) is 16.8. The predicted molar refractivity (Wildman–Crippen MR) is 161 cm³/mol.